The zero-order valence-electron chi connectivity index (χ0n) is 9.25. The van der Waals surface area contributed by atoms with Crippen molar-refractivity contribution in [3.05, 3.63) is 38.8 Å². The summed E-state index contributed by atoms with van der Waals surface area (Å²) in [6.45, 7) is 4.73. The Morgan fingerprint density at radius 1 is 1.38 bits per heavy atom. The average Bonchev–Trinajstić information content (AvgIpc) is 2.63. The second-order valence-electron chi connectivity index (χ2n) is 3.76. The number of aromatic nitrogens is 1. The van der Waals surface area contributed by atoms with Gasteiger partial charge in [-0.3, -0.25) is 0 Å². The molecule has 0 saturated carbocycles. The molecule has 0 aliphatic rings. The van der Waals surface area contributed by atoms with Crippen molar-refractivity contribution in [2.45, 2.75) is 20.4 Å². The fraction of sp³-hybridized carbons (Fsp3) is 0.250. The minimum atomic E-state index is 0.531. The molecule has 2 nitrogen and oxygen atoms in total. The van der Waals surface area contributed by atoms with E-state index in [0.717, 1.165) is 14.5 Å². The fourth-order valence-corrected chi connectivity index (χ4v) is 3.15. The van der Waals surface area contributed by atoms with Gasteiger partial charge in [0.25, 0.3) is 0 Å². The highest BCUT2D eigenvalue weighted by atomic mass is 79.9. The summed E-state index contributed by atoms with van der Waals surface area (Å²) in [5.41, 5.74) is 9.35. The third kappa shape index (κ3) is 2.19. The Morgan fingerprint density at radius 2 is 2.12 bits per heavy atom. The number of nitrogens with zero attached hydrogens (tertiary/aromatic N) is 1. The SMILES string of the molecule is Cc1ccc(C)c(-c2nc(Br)c(CN)s2)c1. The number of aryl methyl sites for hydroxylation is 2. The lowest BCUT2D eigenvalue weighted by molar-refractivity contribution is 1.08. The Labute approximate surface area is 108 Å². The topological polar surface area (TPSA) is 38.9 Å². The minimum Gasteiger partial charge on any atom is -0.326 e. The Morgan fingerprint density at radius 3 is 2.75 bits per heavy atom. The van der Waals surface area contributed by atoms with Gasteiger partial charge in [0.1, 0.15) is 9.61 Å². The maximum absolute atomic E-state index is 5.65. The van der Waals surface area contributed by atoms with Crippen LogP contribution in [0.1, 0.15) is 16.0 Å². The lowest BCUT2D eigenvalue weighted by Gasteiger charge is -2.02. The van der Waals surface area contributed by atoms with Crippen LogP contribution in [0.25, 0.3) is 10.6 Å². The molecule has 2 rings (SSSR count). The number of hydrogen-bond acceptors (Lipinski definition) is 3. The molecule has 0 fully saturated rings. The molecule has 0 amide bonds. The average molecular weight is 297 g/mol. The summed E-state index contributed by atoms with van der Waals surface area (Å²) in [4.78, 5) is 5.60. The molecule has 4 heteroatoms. The second kappa shape index (κ2) is 4.65. The largest absolute Gasteiger partial charge is 0.326 e. The molecule has 1 aromatic carbocycles. The first-order valence-corrected chi connectivity index (χ1v) is 6.65. The molecule has 0 saturated heterocycles. The summed E-state index contributed by atoms with van der Waals surface area (Å²) in [5, 5.41) is 1.04. The van der Waals surface area contributed by atoms with E-state index in [9.17, 15) is 0 Å². The van der Waals surface area contributed by atoms with E-state index in [2.05, 4.69) is 53.0 Å². The van der Waals surface area contributed by atoms with Gasteiger partial charge in [0.05, 0.1) is 4.88 Å². The van der Waals surface area contributed by atoms with Gasteiger partial charge in [-0.25, -0.2) is 4.98 Å². The van der Waals surface area contributed by atoms with E-state index in [-0.39, 0.29) is 0 Å². The smallest absolute Gasteiger partial charge is 0.125 e. The first kappa shape index (κ1) is 11.8. The standard InChI is InChI=1S/C12H13BrN2S/c1-7-3-4-8(2)9(5-7)12-15-11(13)10(6-14)16-12/h3-5H,6,14H2,1-2H3. The Balaban J connectivity index is 2.53. The number of benzene rings is 1. The van der Waals surface area contributed by atoms with Crippen LogP contribution in [0, 0.1) is 13.8 Å². The Hall–Kier alpha value is -0.710. The van der Waals surface area contributed by atoms with E-state index in [1.807, 2.05) is 0 Å². The van der Waals surface area contributed by atoms with Crippen molar-refractivity contribution in [3.8, 4) is 10.6 Å². The van der Waals surface area contributed by atoms with Gasteiger partial charge in [-0.1, -0.05) is 17.7 Å². The normalized spacial score (nSPS) is 10.8. The molecular formula is C12H13BrN2S. The fourth-order valence-electron chi connectivity index (χ4n) is 1.54. The maximum atomic E-state index is 5.65. The molecule has 2 N–H and O–H groups in total. The summed E-state index contributed by atoms with van der Waals surface area (Å²) in [7, 11) is 0. The first-order chi connectivity index (χ1) is 7.61. The monoisotopic (exact) mass is 296 g/mol. The maximum Gasteiger partial charge on any atom is 0.125 e. The number of halogens is 1. The van der Waals surface area contributed by atoms with Gasteiger partial charge in [-0.05, 0) is 41.4 Å². The van der Waals surface area contributed by atoms with Gasteiger partial charge in [-0.15, -0.1) is 11.3 Å². The van der Waals surface area contributed by atoms with Crippen LogP contribution >= 0.6 is 27.3 Å². The third-order valence-corrected chi connectivity index (χ3v) is 4.49. The Bertz CT molecular complexity index is 520. The van der Waals surface area contributed by atoms with Gasteiger partial charge in [-0.2, -0.15) is 0 Å². The Kier molecular flexibility index (Phi) is 3.42. The number of hydrogen-bond donors (Lipinski definition) is 1. The van der Waals surface area contributed by atoms with Crippen LogP contribution in [0.15, 0.2) is 22.8 Å². The van der Waals surface area contributed by atoms with Crippen molar-refractivity contribution in [3.63, 3.8) is 0 Å². The number of rotatable bonds is 2. The van der Waals surface area contributed by atoms with Crippen molar-refractivity contribution < 1.29 is 0 Å². The van der Waals surface area contributed by atoms with Crippen molar-refractivity contribution in [1.82, 2.24) is 4.98 Å². The summed E-state index contributed by atoms with van der Waals surface area (Å²) in [6.07, 6.45) is 0. The van der Waals surface area contributed by atoms with Crippen LogP contribution in [0.2, 0.25) is 0 Å². The van der Waals surface area contributed by atoms with Gasteiger partial charge < -0.3 is 5.73 Å². The molecule has 0 aliphatic heterocycles. The van der Waals surface area contributed by atoms with Gasteiger partial charge in [0.15, 0.2) is 0 Å². The number of nitrogens with two attached hydrogens (primary N) is 1. The molecule has 84 valence electrons. The molecule has 0 radical (unpaired) electrons. The summed E-state index contributed by atoms with van der Waals surface area (Å²) in [5.74, 6) is 0. The predicted octanol–water partition coefficient (Wildman–Crippen LogP) is 3.65. The van der Waals surface area contributed by atoms with Gasteiger partial charge in [0.2, 0.25) is 0 Å². The molecule has 0 bridgehead atoms. The quantitative estimate of drug-likeness (QED) is 0.919. The van der Waals surface area contributed by atoms with Crippen molar-refractivity contribution in [1.29, 1.82) is 0 Å². The summed E-state index contributed by atoms with van der Waals surface area (Å²) < 4.78 is 0.871. The first-order valence-electron chi connectivity index (χ1n) is 5.04. The van der Waals surface area contributed by atoms with Crippen molar-refractivity contribution in [2.24, 2.45) is 5.73 Å². The zero-order chi connectivity index (χ0) is 11.7. The highest BCUT2D eigenvalue weighted by Gasteiger charge is 2.11. The van der Waals surface area contributed by atoms with E-state index < -0.39 is 0 Å². The minimum absolute atomic E-state index is 0.531. The third-order valence-electron chi connectivity index (χ3n) is 2.46. The molecule has 1 aromatic heterocycles. The number of thiazole rings is 1. The zero-order valence-corrected chi connectivity index (χ0v) is 11.7. The predicted molar refractivity (Wildman–Crippen MR) is 72.6 cm³/mol. The van der Waals surface area contributed by atoms with E-state index in [4.69, 9.17) is 5.73 Å². The van der Waals surface area contributed by atoms with Crippen molar-refractivity contribution in [2.75, 3.05) is 0 Å². The molecule has 0 unspecified atom stereocenters. The van der Waals surface area contributed by atoms with Gasteiger partial charge in [0, 0.05) is 12.1 Å². The molecule has 0 atom stereocenters. The lowest BCUT2D eigenvalue weighted by atomic mass is 10.1. The van der Waals surface area contributed by atoms with Crippen LogP contribution in [0.4, 0.5) is 0 Å². The molecule has 16 heavy (non-hydrogen) atoms. The second-order valence-corrected chi connectivity index (χ2v) is 5.59. The van der Waals surface area contributed by atoms with E-state index in [1.54, 1.807) is 11.3 Å². The molecule has 0 spiro atoms. The van der Waals surface area contributed by atoms with Crippen LogP contribution in [-0.4, -0.2) is 4.98 Å². The van der Waals surface area contributed by atoms with Crippen LogP contribution < -0.4 is 5.73 Å². The van der Waals surface area contributed by atoms with E-state index in [1.165, 1.54) is 16.7 Å². The molecule has 0 aliphatic carbocycles. The molecule has 1 heterocycles. The highest BCUT2D eigenvalue weighted by Crippen LogP contribution is 2.32. The summed E-state index contributed by atoms with van der Waals surface area (Å²) in [6, 6.07) is 6.41. The summed E-state index contributed by atoms with van der Waals surface area (Å²) >= 11 is 5.09. The van der Waals surface area contributed by atoms with Crippen LogP contribution in [0.3, 0.4) is 0 Å². The van der Waals surface area contributed by atoms with Gasteiger partial charge >= 0.3 is 0 Å². The van der Waals surface area contributed by atoms with Crippen molar-refractivity contribution >= 4 is 27.3 Å². The lowest BCUT2D eigenvalue weighted by Crippen LogP contribution is -1.92. The highest BCUT2D eigenvalue weighted by molar-refractivity contribution is 9.10. The van der Waals surface area contributed by atoms with E-state index in [0.29, 0.717) is 6.54 Å². The molecular weight excluding hydrogens is 284 g/mol. The molecule has 2 aromatic rings. The van der Waals surface area contributed by atoms with Crippen LogP contribution in [0.5, 0.6) is 0 Å². The van der Waals surface area contributed by atoms with E-state index >= 15 is 0 Å². The van der Waals surface area contributed by atoms with Crippen LogP contribution in [-0.2, 0) is 6.54 Å².